The number of hydrogen-bond donors (Lipinski definition) is 3. The highest BCUT2D eigenvalue weighted by atomic mass is 16.4. The maximum Gasteiger partial charge on any atom is 0.404 e. The third kappa shape index (κ3) is 2.18. The average Bonchev–Trinajstić information content (AvgIpc) is 2.84. The van der Waals surface area contributed by atoms with E-state index in [9.17, 15) is 15.0 Å². The van der Waals surface area contributed by atoms with E-state index in [1.54, 1.807) is 0 Å². The zero-order chi connectivity index (χ0) is 17.1. The normalized spacial score (nSPS) is 49.6. The summed E-state index contributed by atoms with van der Waals surface area (Å²) in [5.41, 5.74) is 1.60. The molecule has 4 aliphatic carbocycles. The van der Waals surface area contributed by atoms with Crippen molar-refractivity contribution in [2.45, 2.75) is 64.5 Å². The minimum atomic E-state index is -0.883. The third-order valence-electron chi connectivity index (χ3n) is 7.93. The number of fused-ring (bicyclic) bond motifs is 5. The van der Waals surface area contributed by atoms with Gasteiger partial charge in [-0.3, -0.25) is 0 Å². The summed E-state index contributed by atoms with van der Waals surface area (Å²) in [5.74, 6) is 1.86. The second kappa shape index (κ2) is 5.35. The largest absolute Gasteiger partial charge is 0.465 e. The average molecular weight is 331 g/mol. The van der Waals surface area contributed by atoms with E-state index in [1.165, 1.54) is 5.57 Å². The predicted molar refractivity (Wildman–Crippen MR) is 92.6 cm³/mol. The molecule has 0 radical (unpaired) electrons. The number of rotatable bonds is 1. The van der Waals surface area contributed by atoms with E-state index in [0.29, 0.717) is 17.8 Å². The standard InChI is InChI=1S/C20H29NO3/c1-19-9-7-13(22)11-12(19)3-4-14-15-5-6-17(21-18(23)24)20(15,2)10-8-16(14)19/h3,7,9,13-17,21-22H,4-6,8,10-11H2,1-2H3,(H,23,24)/t13-,14?,15?,16?,17?,19-,20-/m0/s1. The smallest absolute Gasteiger partial charge is 0.404 e. The molecule has 2 saturated carbocycles. The van der Waals surface area contributed by atoms with Crippen LogP contribution < -0.4 is 5.32 Å². The van der Waals surface area contributed by atoms with Gasteiger partial charge in [-0.25, -0.2) is 4.79 Å². The Labute approximate surface area is 144 Å². The topological polar surface area (TPSA) is 69.6 Å². The van der Waals surface area contributed by atoms with Crippen molar-refractivity contribution < 1.29 is 15.0 Å². The summed E-state index contributed by atoms with van der Waals surface area (Å²) in [4.78, 5) is 11.2. The molecule has 0 aromatic carbocycles. The minimum Gasteiger partial charge on any atom is -0.465 e. The molecule has 4 heteroatoms. The lowest BCUT2D eigenvalue weighted by Gasteiger charge is -2.56. The Bertz CT molecular complexity index is 612. The summed E-state index contributed by atoms with van der Waals surface area (Å²) >= 11 is 0. The van der Waals surface area contributed by atoms with E-state index in [-0.39, 0.29) is 23.0 Å². The molecular formula is C20H29NO3. The number of hydrogen-bond acceptors (Lipinski definition) is 2. The van der Waals surface area contributed by atoms with Crippen molar-refractivity contribution in [1.29, 1.82) is 0 Å². The van der Waals surface area contributed by atoms with E-state index in [4.69, 9.17) is 0 Å². The van der Waals surface area contributed by atoms with Crippen LogP contribution in [0.1, 0.15) is 52.4 Å². The van der Waals surface area contributed by atoms with Gasteiger partial charge in [0, 0.05) is 11.5 Å². The number of aliphatic hydroxyl groups excluding tert-OH is 1. The molecule has 132 valence electrons. The van der Waals surface area contributed by atoms with Gasteiger partial charge in [0.1, 0.15) is 0 Å². The Morgan fingerprint density at radius 1 is 1.25 bits per heavy atom. The Morgan fingerprint density at radius 3 is 2.79 bits per heavy atom. The van der Waals surface area contributed by atoms with Gasteiger partial charge in [-0.15, -0.1) is 0 Å². The molecule has 0 heterocycles. The second-order valence-electron chi connectivity index (χ2n) is 8.88. The van der Waals surface area contributed by atoms with Crippen LogP contribution in [0.4, 0.5) is 4.79 Å². The molecule has 2 fully saturated rings. The number of allylic oxidation sites excluding steroid dienone is 2. The minimum absolute atomic E-state index is 0.0851. The first-order valence-electron chi connectivity index (χ1n) is 9.41. The summed E-state index contributed by atoms with van der Waals surface area (Å²) in [5, 5.41) is 22.0. The third-order valence-corrected chi connectivity index (χ3v) is 7.93. The highest BCUT2D eigenvalue weighted by molar-refractivity contribution is 5.65. The van der Waals surface area contributed by atoms with Crippen molar-refractivity contribution in [3.05, 3.63) is 23.8 Å². The summed E-state index contributed by atoms with van der Waals surface area (Å²) in [7, 11) is 0. The van der Waals surface area contributed by atoms with Crippen LogP contribution in [0.25, 0.3) is 0 Å². The van der Waals surface area contributed by atoms with E-state index >= 15 is 0 Å². The second-order valence-corrected chi connectivity index (χ2v) is 8.88. The molecule has 24 heavy (non-hydrogen) atoms. The fraction of sp³-hybridized carbons (Fsp3) is 0.750. The van der Waals surface area contributed by atoms with Gasteiger partial charge in [0.25, 0.3) is 0 Å². The van der Waals surface area contributed by atoms with Crippen molar-refractivity contribution in [3.63, 3.8) is 0 Å². The molecule has 0 bridgehead atoms. The number of amides is 1. The van der Waals surface area contributed by atoms with Gasteiger partial charge in [-0.05, 0) is 61.7 Å². The fourth-order valence-electron chi connectivity index (χ4n) is 6.62. The molecule has 0 aromatic heterocycles. The van der Waals surface area contributed by atoms with Gasteiger partial charge in [0.15, 0.2) is 0 Å². The molecule has 0 aromatic rings. The van der Waals surface area contributed by atoms with Crippen LogP contribution in [0.15, 0.2) is 23.8 Å². The van der Waals surface area contributed by atoms with Gasteiger partial charge in [0.2, 0.25) is 0 Å². The highest BCUT2D eigenvalue weighted by Gasteiger charge is 2.58. The zero-order valence-corrected chi connectivity index (χ0v) is 14.7. The Kier molecular flexibility index (Phi) is 3.61. The molecule has 7 atom stereocenters. The maximum atomic E-state index is 11.2. The van der Waals surface area contributed by atoms with Crippen molar-refractivity contribution in [1.82, 2.24) is 5.32 Å². The summed E-state index contributed by atoms with van der Waals surface area (Å²) in [6, 6.07) is 0.0999. The quantitative estimate of drug-likeness (QED) is 0.641. The summed E-state index contributed by atoms with van der Waals surface area (Å²) in [6.07, 6.45) is 11.6. The van der Waals surface area contributed by atoms with E-state index in [0.717, 1.165) is 38.5 Å². The first-order chi connectivity index (χ1) is 11.3. The first-order valence-corrected chi connectivity index (χ1v) is 9.41. The van der Waals surface area contributed by atoms with Crippen LogP contribution in [-0.2, 0) is 0 Å². The lowest BCUT2D eigenvalue weighted by Crippen LogP contribution is -2.53. The van der Waals surface area contributed by atoms with Gasteiger partial charge in [-0.2, -0.15) is 0 Å². The summed E-state index contributed by atoms with van der Waals surface area (Å²) < 4.78 is 0. The molecule has 4 unspecified atom stereocenters. The maximum absolute atomic E-state index is 11.2. The number of aliphatic hydroxyl groups is 1. The van der Waals surface area contributed by atoms with E-state index < -0.39 is 6.09 Å². The molecule has 4 rings (SSSR count). The SMILES string of the molecule is C[C@]12CCC3C(CC=C4C[C@@H](O)C=C[C@@]43C)C1CCC2NC(=O)O. The van der Waals surface area contributed by atoms with Crippen LogP contribution in [0, 0.1) is 28.6 Å². The Hall–Kier alpha value is -1.29. The van der Waals surface area contributed by atoms with Crippen molar-refractivity contribution in [2.75, 3.05) is 0 Å². The summed E-state index contributed by atoms with van der Waals surface area (Å²) in [6.45, 7) is 4.66. The Morgan fingerprint density at radius 2 is 2.04 bits per heavy atom. The number of carboxylic acid groups (broad SMARTS) is 1. The van der Waals surface area contributed by atoms with Crippen LogP contribution in [0.2, 0.25) is 0 Å². The first kappa shape index (κ1) is 16.2. The van der Waals surface area contributed by atoms with Crippen LogP contribution in [0.3, 0.4) is 0 Å². The molecule has 4 aliphatic rings. The van der Waals surface area contributed by atoms with Crippen LogP contribution in [0.5, 0.6) is 0 Å². The van der Waals surface area contributed by atoms with Crippen molar-refractivity contribution in [2.24, 2.45) is 28.6 Å². The Balaban J connectivity index is 1.64. The molecule has 3 N–H and O–H groups in total. The number of carbonyl (C=O) groups is 1. The van der Waals surface area contributed by atoms with Gasteiger partial charge in [-0.1, -0.05) is 37.6 Å². The zero-order valence-electron chi connectivity index (χ0n) is 14.7. The van der Waals surface area contributed by atoms with Gasteiger partial charge < -0.3 is 15.5 Å². The van der Waals surface area contributed by atoms with E-state index in [1.807, 2.05) is 6.08 Å². The van der Waals surface area contributed by atoms with Crippen molar-refractivity contribution >= 4 is 6.09 Å². The van der Waals surface area contributed by atoms with Gasteiger partial charge in [0.05, 0.1) is 6.10 Å². The van der Waals surface area contributed by atoms with Crippen LogP contribution >= 0.6 is 0 Å². The molecule has 0 aliphatic heterocycles. The lowest BCUT2D eigenvalue weighted by molar-refractivity contribution is -0.0154. The number of nitrogens with one attached hydrogen (secondary N) is 1. The van der Waals surface area contributed by atoms with Crippen LogP contribution in [-0.4, -0.2) is 28.5 Å². The molecule has 4 nitrogen and oxygen atoms in total. The predicted octanol–water partition coefficient (Wildman–Crippen LogP) is 3.72. The monoisotopic (exact) mass is 331 g/mol. The van der Waals surface area contributed by atoms with E-state index in [2.05, 4.69) is 31.3 Å². The van der Waals surface area contributed by atoms with Crippen molar-refractivity contribution in [3.8, 4) is 0 Å². The molecule has 1 amide bonds. The van der Waals surface area contributed by atoms with Gasteiger partial charge >= 0.3 is 6.09 Å². The highest BCUT2D eigenvalue weighted by Crippen LogP contribution is 2.63. The molecule has 0 saturated heterocycles. The molecular weight excluding hydrogens is 302 g/mol. The molecule has 0 spiro atoms. The fourth-order valence-corrected chi connectivity index (χ4v) is 6.62. The lowest BCUT2D eigenvalue weighted by atomic mass is 9.49.